The van der Waals surface area contributed by atoms with Crippen LogP contribution in [0, 0.1) is 20.8 Å². The molecule has 1 atom stereocenters. The van der Waals surface area contributed by atoms with E-state index in [0.29, 0.717) is 17.9 Å². The number of hydrogen-bond acceptors (Lipinski definition) is 5. The van der Waals surface area contributed by atoms with Crippen LogP contribution in [0.15, 0.2) is 59.5 Å². The third-order valence-electron chi connectivity index (χ3n) is 5.65. The molecule has 4 rings (SSSR count). The molecule has 1 saturated heterocycles. The van der Waals surface area contributed by atoms with Gasteiger partial charge >= 0.3 is 0 Å². The van der Waals surface area contributed by atoms with Crippen LogP contribution in [0.2, 0.25) is 0 Å². The van der Waals surface area contributed by atoms with E-state index in [1.54, 1.807) is 18.2 Å². The monoisotopic (exact) mass is 461 g/mol. The summed E-state index contributed by atoms with van der Waals surface area (Å²) < 4.78 is 5.74. The van der Waals surface area contributed by atoms with E-state index in [9.17, 15) is 14.7 Å². The number of aliphatic hydroxyl groups is 1. The van der Waals surface area contributed by atoms with Gasteiger partial charge in [0.15, 0.2) is 0 Å². The highest BCUT2D eigenvalue weighted by Gasteiger charge is 2.47. The molecule has 2 aromatic carbocycles. The lowest BCUT2D eigenvalue weighted by atomic mass is 9.98. The van der Waals surface area contributed by atoms with E-state index in [2.05, 4.69) is 0 Å². The van der Waals surface area contributed by atoms with Gasteiger partial charge in [-0.05, 0) is 85.7 Å². The highest BCUT2D eigenvalue weighted by atomic mass is 32.1. The Bertz CT molecular complexity index is 1220. The maximum Gasteiger partial charge on any atom is 0.300 e. The molecule has 5 nitrogen and oxygen atoms in total. The molecule has 1 unspecified atom stereocenters. The van der Waals surface area contributed by atoms with Crippen molar-refractivity contribution in [2.24, 2.45) is 0 Å². The summed E-state index contributed by atoms with van der Waals surface area (Å²) in [6.07, 6.45) is 0.893. The molecule has 33 heavy (non-hydrogen) atoms. The van der Waals surface area contributed by atoms with Crippen molar-refractivity contribution in [2.45, 2.75) is 40.2 Å². The van der Waals surface area contributed by atoms with E-state index in [4.69, 9.17) is 4.74 Å². The minimum atomic E-state index is -0.692. The summed E-state index contributed by atoms with van der Waals surface area (Å²) in [5.74, 6) is -0.767. The number of Topliss-reactive ketones (excluding diaryl/α,β-unsaturated/α-hetero) is 1. The fourth-order valence-electron chi connectivity index (χ4n) is 4.23. The van der Waals surface area contributed by atoms with Gasteiger partial charge in [-0.3, -0.25) is 14.5 Å². The highest BCUT2D eigenvalue weighted by molar-refractivity contribution is 7.10. The molecule has 170 valence electrons. The topological polar surface area (TPSA) is 66.8 Å². The molecule has 1 aliphatic heterocycles. The van der Waals surface area contributed by atoms with Crippen molar-refractivity contribution in [3.8, 4) is 5.75 Å². The van der Waals surface area contributed by atoms with Gasteiger partial charge in [0.2, 0.25) is 0 Å². The lowest BCUT2D eigenvalue weighted by Gasteiger charge is -2.25. The zero-order valence-electron chi connectivity index (χ0n) is 19.2. The number of thiophene rings is 1. The molecule has 0 spiro atoms. The van der Waals surface area contributed by atoms with Crippen molar-refractivity contribution < 1.29 is 19.4 Å². The zero-order valence-corrected chi connectivity index (χ0v) is 20.0. The minimum absolute atomic E-state index is 0.100. The number of anilines is 1. The fourth-order valence-corrected chi connectivity index (χ4v) is 5.05. The summed E-state index contributed by atoms with van der Waals surface area (Å²) in [6.45, 7) is 8.45. The summed E-state index contributed by atoms with van der Waals surface area (Å²) in [4.78, 5) is 28.8. The SMILES string of the molecule is CCCOc1ccc(/C(O)=C2/C(=O)C(=O)N(c3cc(C)cc(C)c3)C2c2cccs2)cc1C. The molecule has 1 amide bonds. The number of benzene rings is 2. The molecule has 1 N–H and O–H groups in total. The average Bonchev–Trinajstić information content (AvgIpc) is 3.39. The number of hydrogen-bond donors (Lipinski definition) is 1. The molecule has 1 fully saturated rings. The lowest BCUT2D eigenvalue weighted by molar-refractivity contribution is -0.132. The lowest BCUT2D eigenvalue weighted by Crippen LogP contribution is -2.29. The second-order valence-corrected chi connectivity index (χ2v) is 9.34. The van der Waals surface area contributed by atoms with Gasteiger partial charge in [0.1, 0.15) is 17.6 Å². The first-order valence-electron chi connectivity index (χ1n) is 11.0. The average molecular weight is 462 g/mol. The Morgan fingerprint density at radius 2 is 1.79 bits per heavy atom. The maximum atomic E-state index is 13.2. The smallest absolute Gasteiger partial charge is 0.300 e. The van der Waals surface area contributed by atoms with Crippen LogP contribution < -0.4 is 9.64 Å². The maximum absolute atomic E-state index is 13.2. The van der Waals surface area contributed by atoms with E-state index in [1.165, 1.54) is 16.2 Å². The van der Waals surface area contributed by atoms with Crippen molar-refractivity contribution in [1.29, 1.82) is 0 Å². The van der Waals surface area contributed by atoms with E-state index in [0.717, 1.165) is 33.7 Å². The summed E-state index contributed by atoms with van der Waals surface area (Å²) in [5, 5.41) is 13.2. The molecule has 0 aliphatic carbocycles. The Balaban J connectivity index is 1.86. The second kappa shape index (κ2) is 9.24. The Labute approximate surface area is 197 Å². The molecule has 1 aromatic heterocycles. The van der Waals surface area contributed by atoms with Crippen molar-refractivity contribution in [3.63, 3.8) is 0 Å². The molecule has 0 saturated carbocycles. The van der Waals surface area contributed by atoms with Crippen LogP contribution in [0.3, 0.4) is 0 Å². The number of aliphatic hydroxyl groups excluding tert-OH is 1. The summed E-state index contributed by atoms with van der Waals surface area (Å²) in [7, 11) is 0. The van der Waals surface area contributed by atoms with Crippen molar-refractivity contribution in [1.82, 2.24) is 0 Å². The first-order valence-corrected chi connectivity index (χ1v) is 11.9. The summed E-state index contributed by atoms with van der Waals surface area (Å²) in [6, 6.07) is 14.2. The standard InChI is InChI=1S/C27H27NO4S/c1-5-10-32-21-9-8-19(15-18(21)4)25(29)23-24(22-7-6-11-33-22)28(27(31)26(23)30)20-13-16(2)12-17(3)14-20/h6-9,11-15,24,29H,5,10H2,1-4H3/b25-23-. The predicted molar refractivity (Wildman–Crippen MR) is 132 cm³/mol. The van der Waals surface area contributed by atoms with Gasteiger partial charge in [-0.15, -0.1) is 11.3 Å². The molecule has 2 heterocycles. The zero-order chi connectivity index (χ0) is 23.7. The van der Waals surface area contributed by atoms with Crippen molar-refractivity contribution in [2.75, 3.05) is 11.5 Å². The molecule has 6 heteroatoms. The Kier molecular flexibility index (Phi) is 6.38. The van der Waals surface area contributed by atoms with Crippen LogP contribution in [-0.2, 0) is 9.59 Å². The number of aryl methyl sites for hydroxylation is 3. The summed E-state index contributed by atoms with van der Waals surface area (Å²) >= 11 is 1.45. The number of nitrogens with zero attached hydrogens (tertiary/aromatic N) is 1. The molecule has 0 radical (unpaired) electrons. The number of ketones is 1. The third-order valence-corrected chi connectivity index (χ3v) is 6.58. The van der Waals surface area contributed by atoms with Crippen molar-refractivity contribution >= 4 is 34.5 Å². The largest absolute Gasteiger partial charge is 0.507 e. The molecule has 1 aliphatic rings. The first-order chi connectivity index (χ1) is 15.8. The molecular formula is C27H27NO4S. The molecule has 3 aromatic rings. The first kappa shape index (κ1) is 22.8. The molecule has 0 bridgehead atoms. The van der Waals surface area contributed by atoms with Crippen LogP contribution in [-0.4, -0.2) is 23.4 Å². The summed E-state index contributed by atoms with van der Waals surface area (Å²) in [5.41, 5.74) is 4.07. The third kappa shape index (κ3) is 4.31. The van der Waals surface area contributed by atoms with Gasteiger partial charge in [-0.2, -0.15) is 0 Å². The molecular weight excluding hydrogens is 434 g/mol. The Morgan fingerprint density at radius 3 is 2.39 bits per heavy atom. The van der Waals surface area contributed by atoms with E-state index in [1.807, 2.05) is 63.4 Å². The van der Waals surface area contributed by atoms with Gasteiger partial charge < -0.3 is 9.84 Å². The number of amides is 1. The fraction of sp³-hybridized carbons (Fsp3) is 0.259. The van der Waals surface area contributed by atoms with Gasteiger partial charge in [-0.1, -0.05) is 19.1 Å². The number of rotatable bonds is 6. The Morgan fingerprint density at radius 1 is 1.06 bits per heavy atom. The van der Waals surface area contributed by atoms with E-state index >= 15 is 0 Å². The van der Waals surface area contributed by atoms with E-state index < -0.39 is 17.7 Å². The van der Waals surface area contributed by atoms with Gasteiger partial charge in [0, 0.05) is 16.1 Å². The van der Waals surface area contributed by atoms with Crippen LogP contribution in [0.25, 0.3) is 5.76 Å². The van der Waals surface area contributed by atoms with E-state index in [-0.39, 0.29) is 11.3 Å². The number of carbonyl (C=O) groups excluding carboxylic acids is 2. The highest BCUT2D eigenvalue weighted by Crippen LogP contribution is 2.44. The van der Waals surface area contributed by atoms with Gasteiger partial charge in [0.25, 0.3) is 11.7 Å². The van der Waals surface area contributed by atoms with Gasteiger partial charge in [-0.25, -0.2) is 0 Å². The predicted octanol–water partition coefficient (Wildman–Crippen LogP) is 6.09. The number of carbonyl (C=O) groups is 2. The minimum Gasteiger partial charge on any atom is -0.507 e. The van der Waals surface area contributed by atoms with Crippen LogP contribution >= 0.6 is 11.3 Å². The second-order valence-electron chi connectivity index (χ2n) is 8.36. The van der Waals surface area contributed by atoms with Crippen LogP contribution in [0.4, 0.5) is 5.69 Å². The van der Waals surface area contributed by atoms with Crippen molar-refractivity contribution in [3.05, 3.63) is 86.6 Å². The van der Waals surface area contributed by atoms with Crippen LogP contribution in [0.1, 0.15) is 46.5 Å². The van der Waals surface area contributed by atoms with Gasteiger partial charge in [0.05, 0.1) is 12.2 Å². The van der Waals surface area contributed by atoms with Crippen LogP contribution in [0.5, 0.6) is 5.75 Å². The number of ether oxygens (including phenoxy) is 1. The quantitative estimate of drug-likeness (QED) is 0.274. The normalized spacial score (nSPS) is 17.6. The Hall–Kier alpha value is -3.38.